The molecular formula is C22H28N2O4. The van der Waals surface area contributed by atoms with Gasteiger partial charge in [-0.25, -0.2) is 4.79 Å². The van der Waals surface area contributed by atoms with Gasteiger partial charge in [0.05, 0.1) is 26.9 Å². The minimum Gasteiger partial charge on any atom is -0.497 e. The Labute approximate surface area is 166 Å². The molecule has 150 valence electrons. The van der Waals surface area contributed by atoms with Crippen LogP contribution in [0, 0.1) is 6.92 Å². The molecular weight excluding hydrogens is 356 g/mol. The molecule has 0 aromatic heterocycles. The van der Waals surface area contributed by atoms with Crippen LogP contribution in [-0.2, 0) is 0 Å². The maximum absolute atomic E-state index is 13.0. The summed E-state index contributed by atoms with van der Waals surface area (Å²) in [4.78, 5) is 14.9. The van der Waals surface area contributed by atoms with E-state index in [2.05, 4.69) is 5.32 Å². The predicted octanol–water partition coefficient (Wildman–Crippen LogP) is 4.78. The number of methoxy groups -OCH3 is 2. The zero-order valence-corrected chi connectivity index (χ0v) is 17.0. The molecule has 2 aromatic carbocycles. The molecule has 2 amide bonds. The van der Waals surface area contributed by atoms with E-state index < -0.39 is 0 Å². The third kappa shape index (κ3) is 4.16. The molecule has 0 bridgehead atoms. The Kier molecular flexibility index (Phi) is 6.29. The van der Waals surface area contributed by atoms with Gasteiger partial charge in [0.1, 0.15) is 17.2 Å². The molecule has 1 aliphatic rings. The minimum atomic E-state index is -0.111. The zero-order valence-electron chi connectivity index (χ0n) is 17.0. The topological polar surface area (TPSA) is 60.0 Å². The number of rotatable bonds is 6. The van der Waals surface area contributed by atoms with Crippen molar-refractivity contribution in [2.75, 3.05) is 32.7 Å². The molecule has 1 saturated heterocycles. The number of ether oxygens (including phenoxy) is 3. The molecule has 6 nitrogen and oxygen atoms in total. The Hall–Kier alpha value is -2.89. The number of hydrogen-bond acceptors (Lipinski definition) is 4. The van der Waals surface area contributed by atoms with Gasteiger partial charge in [-0.3, -0.25) is 0 Å². The Bertz CT molecular complexity index is 837. The molecule has 1 N–H and O–H groups in total. The van der Waals surface area contributed by atoms with Gasteiger partial charge >= 0.3 is 6.03 Å². The van der Waals surface area contributed by atoms with Gasteiger partial charge in [-0.05, 0) is 68.7 Å². The van der Waals surface area contributed by atoms with Gasteiger partial charge in [0.25, 0.3) is 0 Å². The van der Waals surface area contributed by atoms with Gasteiger partial charge in [-0.15, -0.1) is 0 Å². The third-order valence-electron chi connectivity index (χ3n) is 5.06. The van der Waals surface area contributed by atoms with Crippen LogP contribution >= 0.6 is 0 Å². The summed E-state index contributed by atoms with van der Waals surface area (Å²) in [6.07, 6.45) is 1.83. The van der Waals surface area contributed by atoms with Crippen LogP contribution in [-0.4, -0.2) is 38.3 Å². The van der Waals surface area contributed by atoms with Gasteiger partial charge in [0.2, 0.25) is 0 Å². The van der Waals surface area contributed by atoms with Crippen LogP contribution in [0.1, 0.15) is 36.9 Å². The van der Waals surface area contributed by atoms with Crippen LogP contribution in [0.25, 0.3) is 0 Å². The number of hydrogen-bond donors (Lipinski definition) is 1. The summed E-state index contributed by atoms with van der Waals surface area (Å²) in [5.74, 6) is 2.33. The summed E-state index contributed by atoms with van der Waals surface area (Å²) in [7, 11) is 3.29. The number of aryl methyl sites for hydroxylation is 1. The lowest BCUT2D eigenvalue weighted by Gasteiger charge is -2.27. The van der Waals surface area contributed by atoms with Crippen molar-refractivity contribution in [2.45, 2.75) is 32.7 Å². The molecule has 1 fully saturated rings. The molecule has 6 heteroatoms. The van der Waals surface area contributed by atoms with E-state index in [1.165, 1.54) is 0 Å². The second-order valence-electron chi connectivity index (χ2n) is 6.80. The standard InChI is InChI=1S/C22H28N2O4/c1-5-28-17-8-10-19(15(2)13-17)23-22(25)24-12-6-7-20(24)18-14-16(26-3)9-11-21(18)27-4/h8-11,13-14,20H,5-7,12H2,1-4H3,(H,23,25). The fourth-order valence-electron chi connectivity index (χ4n) is 3.65. The number of likely N-dealkylation sites (tertiary alicyclic amines) is 1. The van der Waals surface area contributed by atoms with E-state index in [4.69, 9.17) is 14.2 Å². The molecule has 1 aliphatic heterocycles. The number of anilines is 1. The van der Waals surface area contributed by atoms with Crippen molar-refractivity contribution in [2.24, 2.45) is 0 Å². The monoisotopic (exact) mass is 384 g/mol. The van der Waals surface area contributed by atoms with Crippen LogP contribution in [0.4, 0.5) is 10.5 Å². The van der Waals surface area contributed by atoms with E-state index in [9.17, 15) is 4.79 Å². The number of urea groups is 1. The van der Waals surface area contributed by atoms with E-state index in [1.54, 1.807) is 14.2 Å². The van der Waals surface area contributed by atoms with E-state index >= 15 is 0 Å². The highest BCUT2D eigenvalue weighted by atomic mass is 16.5. The molecule has 1 heterocycles. The first-order valence-electron chi connectivity index (χ1n) is 9.60. The molecule has 0 spiro atoms. The SMILES string of the molecule is CCOc1ccc(NC(=O)N2CCCC2c2cc(OC)ccc2OC)c(C)c1. The highest BCUT2D eigenvalue weighted by Gasteiger charge is 2.32. The van der Waals surface area contributed by atoms with Crippen molar-refractivity contribution in [3.63, 3.8) is 0 Å². The van der Waals surface area contributed by atoms with Crippen LogP contribution < -0.4 is 19.5 Å². The quantitative estimate of drug-likeness (QED) is 0.779. The third-order valence-corrected chi connectivity index (χ3v) is 5.06. The van der Waals surface area contributed by atoms with Crippen LogP contribution in [0.3, 0.4) is 0 Å². The van der Waals surface area contributed by atoms with Gasteiger partial charge in [0, 0.05) is 17.8 Å². The van der Waals surface area contributed by atoms with Crippen molar-refractivity contribution in [3.8, 4) is 17.2 Å². The molecule has 0 aliphatic carbocycles. The lowest BCUT2D eigenvalue weighted by Crippen LogP contribution is -2.34. The van der Waals surface area contributed by atoms with Crippen LogP contribution in [0.5, 0.6) is 17.2 Å². The Morgan fingerprint density at radius 2 is 1.93 bits per heavy atom. The number of amides is 2. The fraction of sp³-hybridized carbons (Fsp3) is 0.409. The summed E-state index contributed by atoms with van der Waals surface area (Å²) >= 11 is 0. The average molecular weight is 384 g/mol. The molecule has 0 radical (unpaired) electrons. The highest BCUT2D eigenvalue weighted by Crippen LogP contribution is 2.39. The second-order valence-corrected chi connectivity index (χ2v) is 6.80. The minimum absolute atomic E-state index is 0.0481. The van der Waals surface area contributed by atoms with Gasteiger partial charge in [0.15, 0.2) is 0 Å². The Morgan fingerprint density at radius 1 is 1.14 bits per heavy atom. The highest BCUT2D eigenvalue weighted by molar-refractivity contribution is 5.90. The Morgan fingerprint density at radius 3 is 2.61 bits per heavy atom. The first-order valence-corrected chi connectivity index (χ1v) is 9.60. The van der Waals surface area contributed by atoms with E-state index in [0.717, 1.165) is 46.9 Å². The lowest BCUT2D eigenvalue weighted by molar-refractivity contribution is 0.206. The van der Waals surface area contributed by atoms with Crippen LogP contribution in [0.15, 0.2) is 36.4 Å². The molecule has 0 saturated carbocycles. The largest absolute Gasteiger partial charge is 0.497 e. The van der Waals surface area contributed by atoms with Crippen molar-refractivity contribution in [1.29, 1.82) is 0 Å². The smallest absolute Gasteiger partial charge is 0.322 e. The van der Waals surface area contributed by atoms with E-state index in [0.29, 0.717) is 13.2 Å². The molecule has 1 unspecified atom stereocenters. The number of carbonyl (C=O) groups excluding carboxylic acids is 1. The summed E-state index contributed by atoms with van der Waals surface area (Å²) in [5, 5.41) is 3.05. The Balaban J connectivity index is 1.80. The van der Waals surface area contributed by atoms with Crippen LogP contribution in [0.2, 0.25) is 0 Å². The summed E-state index contributed by atoms with van der Waals surface area (Å²) in [6.45, 7) is 5.23. The first-order chi connectivity index (χ1) is 13.6. The van der Waals surface area contributed by atoms with Gasteiger partial charge < -0.3 is 24.4 Å². The maximum atomic E-state index is 13.0. The molecule has 3 rings (SSSR count). The normalized spacial score (nSPS) is 16.0. The van der Waals surface area contributed by atoms with E-state index in [-0.39, 0.29) is 12.1 Å². The molecule has 2 aromatic rings. The summed E-state index contributed by atoms with van der Waals surface area (Å²) in [6, 6.07) is 11.2. The van der Waals surface area contributed by atoms with Crippen molar-refractivity contribution < 1.29 is 19.0 Å². The molecule has 28 heavy (non-hydrogen) atoms. The fourth-order valence-corrected chi connectivity index (χ4v) is 3.65. The maximum Gasteiger partial charge on any atom is 0.322 e. The predicted molar refractivity (Wildman–Crippen MR) is 110 cm³/mol. The number of carbonyl (C=O) groups is 1. The number of nitrogens with zero attached hydrogens (tertiary/aromatic N) is 1. The average Bonchev–Trinajstić information content (AvgIpc) is 3.19. The van der Waals surface area contributed by atoms with Crippen molar-refractivity contribution >= 4 is 11.7 Å². The van der Waals surface area contributed by atoms with Crippen molar-refractivity contribution in [1.82, 2.24) is 4.90 Å². The van der Waals surface area contributed by atoms with Gasteiger partial charge in [-0.1, -0.05) is 0 Å². The zero-order chi connectivity index (χ0) is 20.1. The number of benzene rings is 2. The lowest BCUT2D eigenvalue weighted by atomic mass is 10.0. The van der Waals surface area contributed by atoms with Crippen molar-refractivity contribution in [3.05, 3.63) is 47.5 Å². The summed E-state index contributed by atoms with van der Waals surface area (Å²) in [5.41, 5.74) is 2.73. The summed E-state index contributed by atoms with van der Waals surface area (Å²) < 4.78 is 16.4. The number of nitrogens with one attached hydrogen (secondary N) is 1. The molecule has 1 atom stereocenters. The first kappa shape index (κ1) is 19.9. The van der Waals surface area contributed by atoms with Gasteiger partial charge in [-0.2, -0.15) is 0 Å². The van der Waals surface area contributed by atoms with E-state index in [1.807, 2.05) is 55.1 Å². The second kappa shape index (κ2) is 8.87.